The number of hydrogen-bond donors (Lipinski definition) is 2. The van der Waals surface area contributed by atoms with E-state index in [0.29, 0.717) is 11.4 Å². The summed E-state index contributed by atoms with van der Waals surface area (Å²) in [5.41, 5.74) is 8.46. The number of anilines is 1. The van der Waals surface area contributed by atoms with Gasteiger partial charge in [-0.2, -0.15) is 0 Å². The summed E-state index contributed by atoms with van der Waals surface area (Å²) in [4.78, 5) is 7.43. The van der Waals surface area contributed by atoms with E-state index in [4.69, 9.17) is 5.73 Å². The van der Waals surface area contributed by atoms with E-state index in [1.807, 2.05) is 0 Å². The van der Waals surface area contributed by atoms with Crippen molar-refractivity contribution in [2.24, 2.45) is 11.3 Å². The van der Waals surface area contributed by atoms with Crippen molar-refractivity contribution in [3.05, 3.63) is 11.4 Å². The number of nitrogens with zero attached hydrogens (tertiary/aromatic N) is 1. The molecule has 0 aromatic carbocycles. The predicted molar refractivity (Wildman–Crippen MR) is 58.0 cm³/mol. The number of nitrogens with two attached hydrogens (primary N) is 1. The number of nitrogen functional groups attached to an aromatic ring is 1. The second-order valence-electron chi connectivity index (χ2n) is 5.59. The average molecular weight is 193 g/mol. The van der Waals surface area contributed by atoms with Gasteiger partial charge in [-0.3, -0.25) is 0 Å². The Kier molecular flexibility index (Phi) is 2.05. The normalized spacial score (nSPS) is 17.4. The summed E-state index contributed by atoms with van der Waals surface area (Å²) in [6, 6.07) is 0. The van der Waals surface area contributed by atoms with Gasteiger partial charge < -0.3 is 10.7 Å². The fourth-order valence-electron chi connectivity index (χ4n) is 2.45. The van der Waals surface area contributed by atoms with Crippen LogP contribution in [-0.4, -0.2) is 9.97 Å². The first-order chi connectivity index (χ1) is 6.44. The van der Waals surface area contributed by atoms with Crippen molar-refractivity contribution in [2.45, 2.75) is 40.0 Å². The molecule has 3 nitrogen and oxygen atoms in total. The molecule has 3 heteroatoms. The van der Waals surface area contributed by atoms with E-state index < -0.39 is 0 Å². The molecule has 0 saturated carbocycles. The minimum absolute atomic E-state index is 0.416. The van der Waals surface area contributed by atoms with Gasteiger partial charge in [0.05, 0.1) is 5.69 Å². The quantitative estimate of drug-likeness (QED) is 0.718. The van der Waals surface area contributed by atoms with E-state index in [-0.39, 0.29) is 0 Å². The molecule has 0 saturated heterocycles. The molecule has 1 aliphatic rings. The Balaban J connectivity index is 2.02. The molecule has 3 N–H and O–H groups in total. The lowest BCUT2D eigenvalue weighted by Gasteiger charge is -2.22. The van der Waals surface area contributed by atoms with Gasteiger partial charge in [-0.1, -0.05) is 20.8 Å². The second-order valence-corrected chi connectivity index (χ2v) is 5.59. The molecule has 0 fully saturated rings. The summed E-state index contributed by atoms with van der Waals surface area (Å²) >= 11 is 0. The van der Waals surface area contributed by atoms with E-state index >= 15 is 0 Å². The lowest BCUT2D eigenvalue weighted by molar-refractivity contribution is 0.299. The van der Waals surface area contributed by atoms with E-state index in [2.05, 4.69) is 30.7 Å². The molecule has 1 aromatic rings. The first-order valence-electron chi connectivity index (χ1n) is 5.27. The number of imidazole rings is 1. The van der Waals surface area contributed by atoms with Crippen LogP contribution in [0.4, 0.5) is 5.95 Å². The zero-order chi connectivity index (χ0) is 10.3. The minimum Gasteiger partial charge on any atom is -0.369 e. The highest BCUT2D eigenvalue weighted by Crippen LogP contribution is 2.34. The van der Waals surface area contributed by atoms with E-state index in [1.165, 1.54) is 17.8 Å². The van der Waals surface area contributed by atoms with Gasteiger partial charge in [0.25, 0.3) is 0 Å². The molecule has 2 rings (SSSR count). The molecule has 78 valence electrons. The maximum Gasteiger partial charge on any atom is 0.197 e. The summed E-state index contributed by atoms with van der Waals surface area (Å²) < 4.78 is 0. The minimum atomic E-state index is 0.416. The number of H-pyrrole nitrogens is 1. The smallest absolute Gasteiger partial charge is 0.197 e. The largest absolute Gasteiger partial charge is 0.369 e. The number of fused-ring (bicyclic) bond motifs is 1. The number of hydrogen-bond acceptors (Lipinski definition) is 2. The molecule has 0 spiro atoms. The van der Waals surface area contributed by atoms with Gasteiger partial charge in [0.2, 0.25) is 0 Å². The number of rotatable bonds is 1. The summed E-state index contributed by atoms with van der Waals surface area (Å²) in [5, 5.41) is 0. The molecule has 0 amide bonds. The van der Waals surface area contributed by atoms with Crippen LogP contribution in [0.5, 0.6) is 0 Å². The molecule has 0 bridgehead atoms. The summed E-state index contributed by atoms with van der Waals surface area (Å²) in [6.45, 7) is 6.88. The van der Waals surface area contributed by atoms with Crippen molar-refractivity contribution in [1.29, 1.82) is 0 Å². The van der Waals surface area contributed by atoms with Crippen molar-refractivity contribution in [2.75, 3.05) is 5.73 Å². The highest BCUT2D eigenvalue weighted by molar-refractivity contribution is 5.30. The van der Waals surface area contributed by atoms with Crippen LogP contribution in [0, 0.1) is 11.3 Å². The fraction of sp³-hybridized carbons (Fsp3) is 0.727. The molecule has 1 atom stereocenters. The Labute approximate surface area is 85.1 Å². The van der Waals surface area contributed by atoms with Crippen LogP contribution >= 0.6 is 0 Å². The molecule has 1 heterocycles. The van der Waals surface area contributed by atoms with Crippen LogP contribution in [0.2, 0.25) is 0 Å². The Morgan fingerprint density at radius 2 is 2.14 bits per heavy atom. The Hall–Kier alpha value is -0.990. The SMILES string of the molecule is CC(C)(C)CC1Cc2nc(N)[nH]c2C1. The van der Waals surface area contributed by atoms with Crippen molar-refractivity contribution in [3.8, 4) is 0 Å². The van der Waals surface area contributed by atoms with Gasteiger partial charge in [-0.05, 0) is 30.6 Å². The molecule has 1 aromatic heterocycles. The third kappa shape index (κ3) is 1.91. The van der Waals surface area contributed by atoms with Gasteiger partial charge in [0, 0.05) is 5.69 Å². The maximum absolute atomic E-state index is 5.59. The summed E-state index contributed by atoms with van der Waals surface area (Å²) in [6.07, 6.45) is 3.48. The highest BCUT2D eigenvalue weighted by Gasteiger charge is 2.28. The van der Waals surface area contributed by atoms with Gasteiger partial charge in [-0.15, -0.1) is 0 Å². The fourth-order valence-corrected chi connectivity index (χ4v) is 2.45. The zero-order valence-corrected chi connectivity index (χ0v) is 9.22. The Morgan fingerprint density at radius 3 is 2.71 bits per heavy atom. The highest BCUT2D eigenvalue weighted by atomic mass is 15.0. The monoisotopic (exact) mass is 193 g/mol. The zero-order valence-electron chi connectivity index (χ0n) is 9.22. The first-order valence-corrected chi connectivity index (χ1v) is 5.27. The maximum atomic E-state index is 5.59. The van der Waals surface area contributed by atoms with Crippen molar-refractivity contribution in [3.63, 3.8) is 0 Å². The lowest BCUT2D eigenvalue weighted by Crippen LogP contribution is -2.13. The van der Waals surface area contributed by atoms with Crippen LogP contribution in [-0.2, 0) is 12.8 Å². The van der Waals surface area contributed by atoms with Crippen LogP contribution in [0.1, 0.15) is 38.6 Å². The summed E-state index contributed by atoms with van der Waals surface area (Å²) in [7, 11) is 0. The topological polar surface area (TPSA) is 54.7 Å². The van der Waals surface area contributed by atoms with Crippen LogP contribution in [0.15, 0.2) is 0 Å². The molecule has 0 radical (unpaired) electrons. The van der Waals surface area contributed by atoms with E-state index in [1.54, 1.807) is 0 Å². The van der Waals surface area contributed by atoms with Gasteiger partial charge >= 0.3 is 0 Å². The van der Waals surface area contributed by atoms with E-state index in [9.17, 15) is 0 Å². The van der Waals surface area contributed by atoms with E-state index in [0.717, 1.165) is 18.8 Å². The lowest BCUT2D eigenvalue weighted by atomic mass is 9.84. The molecular weight excluding hydrogens is 174 g/mol. The second kappa shape index (κ2) is 3.01. The number of aromatic nitrogens is 2. The van der Waals surface area contributed by atoms with Gasteiger partial charge in [-0.25, -0.2) is 4.98 Å². The average Bonchev–Trinajstić information content (AvgIpc) is 2.39. The molecule has 14 heavy (non-hydrogen) atoms. The number of nitrogens with one attached hydrogen (secondary N) is 1. The third-order valence-electron chi connectivity index (χ3n) is 2.76. The Bertz CT molecular complexity index is 309. The number of aromatic amines is 1. The van der Waals surface area contributed by atoms with Crippen LogP contribution in [0.25, 0.3) is 0 Å². The first kappa shape index (κ1) is 9.56. The van der Waals surface area contributed by atoms with Crippen molar-refractivity contribution in [1.82, 2.24) is 9.97 Å². The van der Waals surface area contributed by atoms with Crippen molar-refractivity contribution >= 4 is 5.95 Å². The molecule has 0 aliphatic heterocycles. The van der Waals surface area contributed by atoms with Crippen molar-refractivity contribution < 1.29 is 0 Å². The van der Waals surface area contributed by atoms with Crippen LogP contribution < -0.4 is 5.73 Å². The van der Waals surface area contributed by atoms with Gasteiger partial charge in [0.15, 0.2) is 5.95 Å². The third-order valence-corrected chi connectivity index (χ3v) is 2.76. The summed E-state index contributed by atoms with van der Waals surface area (Å²) in [5.74, 6) is 1.33. The predicted octanol–water partition coefficient (Wildman–Crippen LogP) is 2.14. The van der Waals surface area contributed by atoms with Crippen LogP contribution in [0.3, 0.4) is 0 Å². The standard InChI is InChI=1S/C11H19N3/c1-11(2,3)6-7-4-8-9(5-7)14-10(12)13-8/h7H,4-6H2,1-3H3,(H3,12,13,14). The van der Waals surface area contributed by atoms with Gasteiger partial charge in [0.1, 0.15) is 0 Å². The molecule has 1 unspecified atom stereocenters. The molecule has 1 aliphatic carbocycles. The molecular formula is C11H19N3. The Morgan fingerprint density at radius 1 is 1.43 bits per heavy atom.